The van der Waals surface area contributed by atoms with E-state index in [9.17, 15) is 9.90 Å². The summed E-state index contributed by atoms with van der Waals surface area (Å²) in [5, 5.41) is 13.8. The highest BCUT2D eigenvalue weighted by Crippen LogP contribution is 2.50. The number of phenols is 1. The molecule has 0 amide bonds. The van der Waals surface area contributed by atoms with Crippen LogP contribution >= 0.6 is 0 Å². The van der Waals surface area contributed by atoms with Crippen LogP contribution in [-0.4, -0.2) is 24.8 Å². The number of methoxy groups -OCH3 is 1. The molecule has 5 nitrogen and oxygen atoms in total. The number of hydrogen-bond donors (Lipinski definition) is 2. The summed E-state index contributed by atoms with van der Waals surface area (Å²) in [4.78, 5) is 12.1. The molecule has 3 atom stereocenters. The zero-order valence-corrected chi connectivity index (χ0v) is 15.4. The number of ether oxygens (including phenoxy) is 2. The monoisotopic (exact) mass is 365 g/mol. The first-order valence-corrected chi connectivity index (χ1v) is 9.23. The van der Waals surface area contributed by atoms with E-state index >= 15 is 0 Å². The number of aromatic hydroxyl groups is 1. The van der Waals surface area contributed by atoms with Gasteiger partial charge in [-0.1, -0.05) is 18.2 Å². The first-order valence-electron chi connectivity index (χ1n) is 9.23. The average Bonchev–Trinajstić information content (AvgIpc) is 3.17. The third kappa shape index (κ3) is 3.03. The van der Waals surface area contributed by atoms with Gasteiger partial charge < -0.3 is 19.9 Å². The molecule has 4 rings (SSSR count). The van der Waals surface area contributed by atoms with E-state index < -0.39 is 0 Å². The third-order valence-electron chi connectivity index (χ3n) is 5.44. The number of benzene rings is 2. The Morgan fingerprint density at radius 1 is 1.26 bits per heavy atom. The fraction of sp³-hybridized carbons (Fsp3) is 0.318. The molecule has 3 unspecified atom stereocenters. The van der Waals surface area contributed by atoms with Gasteiger partial charge in [0, 0.05) is 11.6 Å². The lowest BCUT2D eigenvalue weighted by molar-refractivity contribution is 0.0526. The minimum Gasteiger partial charge on any atom is -0.504 e. The Morgan fingerprint density at radius 3 is 2.85 bits per heavy atom. The molecule has 2 aromatic rings. The highest BCUT2D eigenvalue weighted by atomic mass is 16.5. The SMILES string of the molecule is CCOC(=O)c1ccc2c(c1)C1C=CCC1C(c1ccc(OC)c(O)c1)N2. The lowest BCUT2D eigenvalue weighted by Gasteiger charge is -2.37. The van der Waals surface area contributed by atoms with Crippen molar-refractivity contribution in [3.63, 3.8) is 0 Å². The van der Waals surface area contributed by atoms with Crippen molar-refractivity contribution in [1.82, 2.24) is 0 Å². The summed E-state index contributed by atoms with van der Waals surface area (Å²) < 4.78 is 10.3. The summed E-state index contributed by atoms with van der Waals surface area (Å²) in [7, 11) is 1.54. The molecule has 0 bridgehead atoms. The number of phenolic OH excluding ortho intramolecular Hbond substituents is 1. The van der Waals surface area contributed by atoms with Crippen LogP contribution < -0.4 is 10.1 Å². The smallest absolute Gasteiger partial charge is 0.338 e. The summed E-state index contributed by atoms with van der Waals surface area (Å²) in [5.41, 5.74) is 3.73. The molecule has 5 heteroatoms. The maximum absolute atomic E-state index is 12.1. The maximum atomic E-state index is 12.1. The normalized spacial score (nSPS) is 22.5. The fourth-order valence-corrected chi connectivity index (χ4v) is 4.17. The molecule has 2 aliphatic rings. The Labute approximate surface area is 158 Å². The van der Waals surface area contributed by atoms with Gasteiger partial charge in [-0.05, 0) is 60.7 Å². The number of fused-ring (bicyclic) bond motifs is 3. The Morgan fingerprint density at radius 2 is 2.11 bits per heavy atom. The second-order valence-corrected chi connectivity index (χ2v) is 6.93. The van der Waals surface area contributed by atoms with Crippen molar-refractivity contribution in [3.05, 3.63) is 65.2 Å². The molecule has 0 radical (unpaired) electrons. The summed E-state index contributed by atoms with van der Waals surface area (Å²) in [6.45, 7) is 2.17. The van der Waals surface area contributed by atoms with Crippen molar-refractivity contribution in [1.29, 1.82) is 0 Å². The van der Waals surface area contributed by atoms with Gasteiger partial charge in [0.25, 0.3) is 0 Å². The Balaban J connectivity index is 1.70. The zero-order valence-electron chi connectivity index (χ0n) is 15.4. The molecule has 2 N–H and O–H groups in total. The van der Waals surface area contributed by atoms with Gasteiger partial charge in [0.15, 0.2) is 11.5 Å². The van der Waals surface area contributed by atoms with E-state index in [0.29, 0.717) is 23.8 Å². The number of anilines is 1. The molecule has 0 aromatic heterocycles. The Kier molecular flexibility index (Phi) is 4.52. The van der Waals surface area contributed by atoms with Crippen molar-refractivity contribution in [2.75, 3.05) is 19.0 Å². The van der Waals surface area contributed by atoms with Crippen LogP contribution in [0.3, 0.4) is 0 Å². The number of esters is 1. The van der Waals surface area contributed by atoms with Crippen molar-refractivity contribution in [2.24, 2.45) is 5.92 Å². The predicted octanol–water partition coefficient (Wildman–Crippen LogP) is 4.40. The van der Waals surface area contributed by atoms with E-state index in [1.807, 2.05) is 25.1 Å². The summed E-state index contributed by atoms with van der Waals surface area (Å²) >= 11 is 0. The van der Waals surface area contributed by atoms with Crippen molar-refractivity contribution >= 4 is 11.7 Å². The number of rotatable bonds is 4. The van der Waals surface area contributed by atoms with Gasteiger partial charge in [-0.2, -0.15) is 0 Å². The van der Waals surface area contributed by atoms with E-state index in [-0.39, 0.29) is 23.7 Å². The predicted molar refractivity (Wildman–Crippen MR) is 103 cm³/mol. The van der Waals surface area contributed by atoms with E-state index in [2.05, 4.69) is 17.5 Å². The molecule has 1 heterocycles. The lowest BCUT2D eigenvalue weighted by Crippen LogP contribution is -2.29. The molecule has 1 aliphatic heterocycles. The first-order chi connectivity index (χ1) is 13.1. The average molecular weight is 365 g/mol. The molecule has 0 fully saturated rings. The molecule has 0 saturated carbocycles. The fourth-order valence-electron chi connectivity index (χ4n) is 4.17. The largest absolute Gasteiger partial charge is 0.504 e. The van der Waals surface area contributed by atoms with E-state index in [1.54, 1.807) is 25.3 Å². The first kappa shape index (κ1) is 17.5. The van der Waals surface area contributed by atoms with Crippen LogP contribution in [0, 0.1) is 5.92 Å². The Hall–Kier alpha value is -2.95. The maximum Gasteiger partial charge on any atom is 0.338 e. The highest BCUT2D eigenvalue weighted by molar-refractivity contribution is 5.90. The van der Waals surface area contributed by atoms with Gasteiger partial charge in [0.1, 0.15) is 0 Å². The number of allylic oxidation sites excluding steroid dienone is 2. The van der Waals surface area contributed by atoms with Crippen LogP contribution in [0.4, 0.5) is 5.69 Å². The van der Waals surface area contributed by atoms with Gasteiger partial charge >= 0.3 is 5.97 Å². The summed E-state index contributed by atoms with van der Waals surface area (Å²) in [6.07, 6.45) is 5.35. The summed E-state index contributed by atoms with van der Waals surface area (Å²) in [5.74, 6) is 0.867. The topological polar surface area (TPSA) is 67.8 Å². The minimum atomic E-state index is -0.291. The van der Waals surface area contributed by atoms with Crippen LogP contribution in [0.25, 0.3) is 0 Å². The summed E-state index contributed by atoms with van der Waals surface area (Å²) in [6, 6.07) is 11.3. The Bertz CT molecular complexity index is 905. The molecular weight excluding hydrogens is 342 g/mol. The molecule has 140 valence electrons. The molecule has 2 aromatic carbocycles. The number of carbonyl (C=O) groups excluding carboxylic acids is 1. The third-order valence-corrected chi connectivity index (χ3v) is 5.44. The molecule has 1 aliphatic carbocycles. The van der Waals surface area contributed by atoms with E-state index in [0.717, 1.165) is 23.2 Å². The number of hydrogen-bond acceptors (Lipinski definition) is 5. The molecule has 0 saturated heterocycles. The van der Waals surface area contributed by atoms with Gasteiger partial charge in [-0.3, -0.25) is 0 Å². The van der Waals surface area contributed by atoms with Gasteiger partial charge in [-0.25, -0.2) is 4.79 Å². The number of carbonyl (C=O) groups is 1. The van der Waals surface area contributed by atoms with Gasteiger partial charge in [0.05, 0.1) is 25.3 Å². The minimum absolute atomic E-state index is 0.0720. The van der Waals surface area contributed by atoms with E-state index in [4.69, 9.17) is 9.47 Å². The molecular formula is C22H23NO4. The van der Waals surface area contributed by atoms with E-state index in [1.165, 1.54) is 0 Å². The lowest BCUT2D eigenvalue weighted by atomic mass is 9.76. The number of nitrogens with one attached hydrogen (secondary N) is 1. The van der Waals surface area contributed by atoms with Crippen LogP contribution in [0.5, 0.6) is 11.5 Å². The second kappa shape index (κ2) is 6.99. The standard InChI is InChI=1S/C22H23NO4/c1-3-27-22(25)14-7-9-18-17(11-14)15-5-4-6-16(15)21(23-18)13-8-10-20(26-2)19(24)12-13/h4-5,7-12,15-16,21,23-24H,3,6H2,1-2H3. The zero-order chi connectivity index (χ0) is 19.0. The van der Waals surface area contributed by atoms with Crippen molar-refractivity contribution in [2.45, 2.75) is 25.3 Å². The quantitative estimate of drug-likeness (QED) is 0.621. The van der Waals surface area contributed by atoms with Gasteiger partial charge in [0.2, 0.25) is 0 Å². The van der Waals surface area contributed by atoms with Gasteiger partial charge in [-0.15, -0.1) is 0 Å². The van der Waals surface area contributed by atoms with Crippen LogP contribution in [0.1, 0.15) is 46.8 Å². The highest BCUT2D eigenvalue weighted by Gasteiger charge is 2.38. The van der Waals surface area contributed by atoms with Crippen molar-refractivity contribution in [3.8, 4) is 11.5 Å². The second-order valence-electron chi connectivity index (χ2n) is 6.93. The van der Waals surface area contributed by atoms with Crippen LogP contribution in [0.2, 0.25) is 0 Å². The van der Waals surface area contributed by atoms with Crippen LogP contribution in [-0.2, 0) is 4.74 Å². The molecule has 27 heavy (non-hydrogen) atoms. The van der Waals surface area contributed by atoms with Crippen molar-refractivity contribution < 1.29 is 19.4 Å². The van der Waals surface area contributed by atoms with Crippen LogP contribution in [0.15, 0.2) is 48.6 Å². The molecule has 0 spiro atoms.